The van der Waals surface area contributed by atoms with Gasteiger partial charge in [0.15, 0.2) is 5.13 Å². The smallest absolute Gasteiger partial charge is 0.310 e. The van der Waals surface area contributed by atoms with Gasteiger partial charge in [-0.15, -0.1) is 11.3 Å². The first kappa shape index (κ1) is 12.6. The van der Waals surface area contributed by atoms with Crippen molar-refractivity contribution in [2.75, 3.05) is 12.4 Å². The zero-order valence-corrected chi connectivity index (χ0v) is 10.3. The normalized spacial score (nSPS) is 9.94. The number of amides is 1. The van der Waals surface area contributed by atoms with E-state index in [4.69, 9.17) is 0 Å². The first-order valence-corrected chi connectivity index (χ1v) is 5.71. The molecule has 6 heteroatoms. The molecule has 1 amide bonds. The Morgan fingerprint density at radius 3 is 2.69 bits per heavy atom. The predicted octanol–water partition coefficient (Wildman–Crippen LogP) is 1.38. The topological polar surface area (TPSA) is 68.3 Å². The van der Waals surface area contributed by atoms with E-state index in [1.54, 1.807) is 0 Å². The Hall–Kier alpha value is -1.43. The number of aromatic nitrogens is 1. The Kier molecular flexibility index (Phi) is 4.42. The molecule has 16 heavy (non-hydrogen) atoms. The number of methoxy groups -OCH3 is 1. The lowest BCUT2D eigenvalue weighted by molar-refractivity contribution is -0.139. The fraction of sp³-hybridized carbons (Fsp3) is 0.500. The molecule has 0 atom stereocenters. The largest absolute Gasteiger partial charge is 0.469 e. The molecule has 0 saturated heterocycles. The zero-order valence-electron chi connectivity index (χ0n) is 9.49. The Labute approximate surface area is 97.8 Å². The van der Waals surface area contributed by atoms with E-state index in [9.17, 15) is 9.59 Å². The first-order valence-electron chi connectivity index (χ1n) is 4.89. The van der Waals surface area contributed by atoms with Crippen LogP contribution >= 0.6 is 11.3 Å². The van der Waals surface area contributed by atoms with Crippen LogP contribution in [-0.4, -0.2) is 24.0 Å². The van der Waals surface area contributed by atoms with E-state index < -0.39 is 0 Å². The van der Waals surface area contributed by atoms with Crippen LogP contribution in [0.25, 0.3) is 0 Å². The molecule has 5 nitrogen and oxygen atoms in total. The summed E-state index contributed by atoms with van der Waals surface area (Å²) in [6.07, 6.45) is 0.930. The van der Waals surface area contributed by atoms with Gasteiger partial charge in [0.2, 0.25) is 5.91 Å². The summed E-state index contributed by atoms with van der Waals surface area (Å²) < 4.78 is 4.60. The lowest BCUT2D eigenvalue weighted by Crippen LogP contribution is -2.05. The third kappa shape index (κ3) is 3.30. The molecule has 1 N–H and O–H groups in total. The summed E-state index contributed by atoms with van der Waals surface area (Å²) in [5.74, 6) is -0.464. The average molecular weight is 242 g/mol. The molecule has 1 aromatic heterocycles. The fourth-order valence-electron chi connectivity index (χ4n) is 1.21. The molecule has 0 radical (unpaired) electrons. The fourth-order valence-corrected chi connectivity index (χ4v) is 2.29. The molecule has 0 aromatic carbocycles. The van der Waals surface area contributed by atoms with Crippen molar-refractivity contribution in [3.63, 3.8) is 0 Å². The molecule has 0 spiro atoms. The molecule has 88 valence electrons. The number of hydrogen-bond donors (Lipinski definition) is 1. The minimum absolute atomic E-state index is 0.166. The molecule has 1 aromatic rings. The van der Waals surface area contributed by atoms with E-state index >= 15 is 0 Å². The summed E-state index contributed by atoms with van der Waals surface area (Å²) in [6, 6.07) is 0. The van der Waals surface area contributed by atoms with E-state index in [0.717, 1.165) is 17.0 Å². The van der Waals surface area contributed by atoms with Crippen molar-refractivity contribution in [1.29, 1.82) is 0 Å². The van der Waals surface area contributed by atoms with Gasteiger partial charge in [-0.2, -0.15) is 0 Å². The van der Waals surface area contributed by atoms with Gasteiger partial charge in [-0.25, -0.2) is 4.98 Å². The van der Waals surface area contributed by atoms with Crippen LogP contribution in [0.3, 0.4) is 0 Å². The number of ether oxygens (including phenoxy) is 1. The number of hydrogen-bond acceptors (Lipinski definition) is 5. The zero-order chi connectivity index (χ0) is 12.1. The van der Waals surface area contributed by atoms with Crippen LogP contribution in [-0.2, 0) is 27.2 Å². The highest BCUT2D eigenvalue weighted by molar-refractivity contribution is 7.16. The lowest BCUT2D eigenvalue weighted by atomic mass is 10.2. The van der Waals surface area contributed by atoms with E-state index in [2.05, 4.69) is 15.0 Å². The number of carbonyl (C=O) groups is 2. The van der Waals surface area contributed by atoms with Gasteiger partial charge in [-0.1, -0.05) is 6.92 Å². The van der Waals surface area contributed by atoms with Crippen LogP contribution in [0, 0.1) is 0 Å². The number of rotatable bonds is 4. The van der Waals surface area contributed by atoms with Gasteiger partial charge in [0.05, 0.1) is 19.2 Å². The molecule has 0 bridgehead atoms. The summed E-state index contributed by atoms with van der Waals surface area (Å²) in [5, 5.41) is 3.14. The third-order valence-electron chi connectivity index (χ3n) is 1.93. The molecular weight excluding hydrogens is 228 g/mol. The second-order valence-electron chi connectivity index (χ2n) is 3.18. The molecular formula is C10H14N2O3S. The second-order valence-corrected chi connectivity index (χ2v) is 4.26. The van der Waals surface area contributed by atoms with Crippen molar-refractivity contribution >= 4 is 28.3 Å². The Bertz CT molecular complexity index is 401. The molecule has 0 saturated carbocycles. The highest BCUT2D eigenvalue weighted by Crippen LogP contribution is 2.24. The van der Waals surface area contributed by atoms with Gasteiger partial charge in [0.1, 0.15) is 0 Å². The van der Waals surface area contributed by atoms with Crippen molar-refractivity contribution in [3.05, 3.63) is 10.6 Å². The number of nitrogens with zero attached hydrogens (tertiary/aromatic N) is 1. The van der Waals surface area contributed by atoms with Gasteiger partial charge in [-0.05, 0) is 6.42 Å². The summed E-state index contributed by atoms with van der Waals surface area (Å²) in [6.45, 7) is 3.38. The first-order chi connectivity index (χ1) is 7.56. The average Bonchev–Trinajstić information content (AvgIpc) is 2.59. The van der Waals surface area contributed by atoms with Crippen molar-refractivity contribution in [1.82, 2.24) is 4.98 Å². The number of aryl methyl sites for hydroxylation is 1. The summed E-state index contributed by atoms with van der Waals surface area (Å²) in [5.41, 5.74) is 0.833. The molecule has 1 rings (SSSR count). The van der Waals surface area contributed by atoms with Crippen LogP contribution in [0.1, 0.15) is 24.4 Å². The number of carbonyl (C=O) groups excluding carboxylic acids is 2. The highest BCUT2D eigenvalue weighted by Gasteiger charge is 2.14. The maximum atomic E-state index is 11.2. The van der Waals surface area contributed by atoms with E-state index in [1.807, 2.05) is 6.92 Å². The predicted molar refractivity (Wildman–Crippen MR) is 61.5 cm³/mol. The minimum Gasteiger partial charge on any atom is -0.469 e. The van der Waals surface area contributed by atoms with Crippen molar-refractivity contribution in [2.45, 2.75) is 26.7 Å². The minimum atomic E-state index is -0.298. The van der Waals surface area contributed by atoms with Crippen LogP contribution < -0.4 is 5.32 Å². The van der Waals surface area contributed by atoms with E-state index in [0.29, 0.717) is 5.13 Å². The van der Waals surface area contributed by atoms with Crippen molar-refractivity contribution in [3.8, 4) is 0 Å². The lowest BCUT2D eigenvalue weighted by Gasteiger charge is -1.97. The Morgan fingerprint density at radius 2 is 2.19 bits per heavy atom. The van der Waals surface area contributed by atoms with Crippen LogP contribution in [0.4, 0.5) is 5.13 Å². The van der Waals surface area contributed by atoms with Gasteiger partial charge < -0.3 is 10.1 Å². The van der Waals surface area contributed by atoms with Gasteiger partial charge in [0.25, 0.3) is 0 Å². The van der Waals surface area contributed by atoms with Crippen LogP contribution in [0.2, 0.25) is 0 Å². The molecule has 0 aliphatic heterocycles. The summed E-state index contributed by atoms with van der Waals surface area (Å²) in [4.78, 5) is 27.1. The maximum absolute atomic E-state index is 11.2. The van der Waals surface area contributed by atoms with Crippen LogP contribution in [0.5, 0.6) is 0 Å². The monoisotopic (exact) mass is 242 g/mol. The summed E-state index contributed by atoms with van der Waals surface area (Å²) in [7, 11) is 1.35. The second kappa shape index (κ2) is 5.60. The molecule has 0 fully saturated rings. The Morgan fingerprint density at radius 1 is 1.50 bits per heavy atom. The van der Waals surface area contributed by atoms with Crippen molar-refractivity contribution < 1.29 is 14.3 Å². The number of nitrogens with one attached hydrogen (secondary N) is 1. The summed E-state index contributed by atoms with van der Waals surface area (Å²) >= 11 is 1.31. The van der Waals surface area contributed by atoms with Gasteiger partial charge in [0, 0.05) is 11.8 Å². The molecule has 0 aliphatic carbocycles. The molecule has 0 unspecified atom stereocenters. The quantitative estimate of drug-likeness (QED) is 0.810. The van der Waals surface area contributed by atoms with E-state index in [1.165, 1.54) is 25.4 Å². The van der Waals surface area contributed by atoms with Crippen LogP contribution in [0.15, 0.2) is 0 Å². The SMILES string of the molecule is CCc1nc(NC(C)=O)sc1CC(=O)OC. The van der Waals surface area contributed by atoms with E-state index in [-0.39, 0.29) is 18.3 Å². The third-order valence-corrected chi connectivity index (χ3v) is 2.94. The van der Waals surface area contributed by atoms with Crippen molar-refractivity contribution in [2.24, 2.45) is 0 Å². The maximum Gasteiger partial charge on any atom is 0.310 e. The van der Waals surface area contributed by atoms with Gasteiger partial charge in [-0.3, -0.25) is 9.59 Å². The Balaban J connectivity index is 2.85. The highest BCUT2D eigenvalue weighted by atomic mass is 32.1. The number of thiazole rings is 1. The number of esters is 1. The standard InChI is InChI=1S/C10H14N2O3S/c1-4-7-8(5-9(14)15-3)16-10(12-7)11-6(2)13/h4-5H2,1-3H3,(H,11,12,13). The molecule has 0 aliphatic rings. The molecule has 1 heterocycles. The number of anilines is 1. The van der Waals surface area contributed by atoms with Gasteiger partial charge >= 0.3 is 5.97 Å².